The van der Waals surface area contributed by atoms with Crippen LogP contribution in [-0.4, -0.2) is 54.4 Å². The highest BCUT2D eigenvalue weighted by Gasteiger charge is 2.23. The van der Waals surface area contributed by atoms with Gasteiger partial charge in [0.05, 0.1) is 11.5 Å². The first-order chi connectivity index (χ1) is 7.49. The van der Waals surface area contributed by atoms with E-state index in [0.717, 1.165) is 19.5 Å². The van der Waals surface area contributed by atoms with Gasteiger partial charge in [-0.05, 0) is 20.0 Å². The van der Waals surface area contributed by atoms with Crippen LogP contribution in [0.4, 0.5) is 0 Å². The normalized spacial score (nSPS) is 20.4. The van der Waals surface area contributed by atoms with Gasteiger partial charge in [-0.3, -0.25) is 9.59 Å². The Morgan fingerprint density at radius 2 is 2.19 bits per heavy atom. The van der Waals surface area contributed by atoms with Gasteiger partial charge in [0.15, 0.2) is 0 Å². The number of nitrogens with zero attached hydrogens (tertiary/aromatic N) is 1. The number of rotatable bonds is 3. The van der Waals surface area contributed by atoms with Crippen molar-refractivity contribution in [2.75, 3.05) is 26.7 Å². The van der Waals surface area contributed by atoms with Gasteiger partial charge in [-0.25, -0.2) is 0 Å². The molecule has 1 saturated heterocycles. The van der Waals surface area contributed by atoms with Crippen molar-refractivity contribution in [3.63, 3.8) is 0 Å². The van der Waals surface area contributed by atoms with E-state index >= 15 is 0 Å². The molecule has 0 spiro atoms. The predicted octanol–water partition coefficient (Wildman–Crippen LogP) is -1.79. The lowest BCUT2D eigenvalue weighted by molar-refractivity contribution is -0.139. The first-order valence-corrected chi connectivity index (χ1v) is 5.45. The van der Waals surface area contributed by atoms with Crippen LogP contribution in [0.15, 0.2) is 0 Å². The maximum atomic E-state index is 11.4. The third-order valence-electron chi connectivity index (χ3n) is 2.36. The molecule has 0 saturated carbocycles. The molecule has 0 radical (unpaired) electrons. The molecular weight excluding hydrogens is 228 g/mol. The molecular formula is C9H16N4O2S. The van der Waals surface area contributed by atoms with Crippen LogP contribution < -0.4 is 16.4 Å². The first-order valence-electron chi connectivity index (χ1n) is 5.04. The van der Waals surface area contributed by atoms with Gasteiger partial charge in [0.25, 0.3) is 0 Å². The van der Waals surface area contributed by atoms with Gasteiger partial charge in [-0.2, -0.15) is 0 Å². The predicted molar refractivity (Wildman–Crippen MR) is 63.8 cm³/mol. The molecule has 1 unspecified atom stereocenters. The van der Waals surface area contributed by atoms with Crippen molar-refractivity contribution < 1.29 is 9.59 Å². The highest BCUT2D eigenvalue weighted by atomic mass is 32.1. The number of likely N-dealkylation sites (N-methyl/N-ethyl adjacent to an activating group) is 1. The van der Waals surface area contributed by atoms with Crippen LogP contribution in [0.1, 0.15) is 6.42 Å². The zero-order chi connectivity index (χ0) is 12.1. The van der Waals surface area contributed by atoms with Crippen molar-refractivity contribution >= 4 is 29.0 Å². The molecule has 1 atom stereocenters. The van der Waals surface area contributed by atoms with E-state index in [1.54, 1.807) is 0 Å². The minimum Gasteiger partial charge on any atom is -0.392 e. The van der Waals surface area contributed by atoms with Gasteiger partial charge in [-0.1, -0.05) is 12.2 Å². The second kappa shape index (κ2) is 5.76. The molecule has 1 fully saturated rings. The van der Waals surface area contributed by atoms with Crippen LogP contribution in [-0.2, 0) is 9.59 Å². The minimum atomic E-state index is -0.692. The fourth-order valence-electron chi connectivity index (χ4n) is 1.55. The second-order valence-electron chi connectivity index (χ2n) is 3.87. The van der Waals surface area contributed by atoms with E-state index in [-0.39, 0.29) is 17.6 Å². The van der Waals surface area contributed by atoms with Crippen LogP contribution in [0, 0.1) is 0 Å². The first kappa shape index (κ1) is 12.9. The molecule has 2 amide bonds. The summed E-state index contributed by atoms with van der Waals surface area (Å²) in [6.45, 7) is 1.75. The molecule has 1 heterocycles. The van der Waals surface area contributed by atoms with Crippen molar-refractivity contribution in [2.45, 2.75) is 12.5 Å². The molecule has 1 aliphatic heterocycles. The molecule has 1 rings (SSSR count). The maximum Gasteiger partial charge on any atom is 0.309 e. The van der Waals surface area contributed by atoms with Gasteiger partial charge < -0.3 is 21.3 Å². The monoisotopic (exact) mass is 244 g/mol. The van der Waals surface area contributed by atoms with Crippen LogP contribution in [0.3, 0.4) is 0 Å². The Labute approximate surface area is 99.5 Å². The SMILES string of the molecule is CN1CCC(NC(=O)C(=O)NCC(N)=S)C1. The van der Waals surface area contributed by atoms with Crippen LogP contribution in [0.5, 0.6) is 0 Å². The van der Waals surface area contributed by atoms with Crippen LogP contribution in [0.2, 0.25) is 0 Å². The Hall–Kier alpha value is -1.21. The molecule has 0 bridgehead atoms. The topological polar surface area (TPSA) is 87.5 Å². The number of thiocarbonyl (C=S) groups is 1. The largest absolute Gasteiger partial charge is 0.392 e. The Bertz CT molecular complexity index is 308. The zero-order valence-corrected chi connectivity index (χ0v) is 9.97. The summed E-state index contributed by atoms with van der Waals surface area (Å²) in [7, 11) is 1.97. The summed E-state index contributed by atoms with van der Waals surface area (Å²) in [4.78, 5) is 24.9. The van der Waals surface area contributed by atoms with Crippen molar-refractivity contribution in [1.29, 1.82) is 0 Å². The number of hydrogen-bond donors (Lipinski definition) is 3. The van der Waals surface area contributed by atoms with Gasteiger partial charge in [0.2, 0.25) is 0 Å². The Morgan fingerprint density at radius 1 is 1.50 bits per heavy atom. The number of amides is 2. The van der Waals surface area contributed by atoms with Crippen LogP contribution in [0.25, 0.3) is 0 Å². The summed E-state index contributed by atoms with van der Waals surface area (Å²) < 4.78 is 0. The molecule has 16 heavy (non-hydrogen) atoms. The molecule has 0 aliphatic carbocycles. The standard InChI is InChI=1S/C9H16N4O2S/c1-13-3-2-6(5-13)12-9(15)8(14)11-4-7(10)16/h6H,2-5H2,1H3,(H2,10,16)(H,11,14)(H,12,15). The van der Waals surface area contributed by atoms with E-state index in [1.807, 2.05) is 7.05 Å². The lowest BCUT2D eigenvalue weighted by Crippen LogP contribution is -2.46. The number of hydrogen-bond acceptors (Lipinski definition) is 4. The number of carbonyl (C=O) groups is 2. The van der Waals surface area contributed by atoms with E-state index in [9.17, 15) is 9.59 Å². The highest BCUT2D eigenvalue weighted by molar-refractivity contribution is 7.80. The van der Waals surface area contributed by atoms with Gasteiger partial charge >= 0.3 is 11.8 Å². The summed E-state index contributed by atoms with van der Waals surface area (Å²) in [6, 6.07) is 0.0491. The third kappa shape index (κ3) is 4.11. The highest BCUT2D eigenvalue weighted by Crippen LogP contribution is 2.05. The van der Waals surface area contributed by atoms with Gasteiger partial charge in [-0.15, -0.1) is 0 Å². The number of nitrogens with one attached hydrogen (secondary N) is 2. The minimum absolute atomic E-state index is 0.0478. The Kier molecular flexibility index (Phi) is 4.63. The van der Waals surface area contributed by atoms with E-state index in [1.165, 1.54) is 0 Å². The fourth-order valence-corrected chi connectivity index (χ4v) is 1.62. The third-order valence-corrected chi connectivity index (χ3v) is 2.50. The summed E-state index contributed by atoms with van der Waals surface area (Å²) in [5, 5.41) is 4.99. The summed E-state index contributed by atoms with van der Waals surface area (Å²) in [5.41, 5.74) is 5.20. The lowest BCUT2D eigenvalue weighted by atomic mass is 10.2. The average molecular weight is 244 g/mol. The summed E-state index contributed by atoms with van der Waals surface area (Å²) in [5.74, 6) is -1.32. The van der Waals surface area contributed by atoms with Crippen molar-refractivity contribution in [3.05, 3.63) is 0 Å². The molecule has 4 N–H and O–H groups in total. The Balaban J connectivity index is 2.29. The number of likely N-dealkylation sites (tertiary alicyclic amines) is 1. The zero-order valence-electron chi connectivity index (χ0n) is 9.16. The van der Waals surface area contributed by atoms with Crippen molar-refractivity contribution in [2.24, 2.45) is 5.73 Å². The second-order valence-corrected chi connectivity index (χ2v) is 4.39. The Morgan fingerprint density at radius 3 is 2.69 bits per heavy atom. The quantitative estimate of drug-likeness (QED) is 0.403. The van der Waals surface area contributed by atoms with E-state index in [4.69, 9.17) is 5.73 Å². The van der Waals surface area contributed by atoms with E-state index < -0.39 is 11.8 Å². The molecule has 7 heteroatoms. The number of carbonyl (C=O) groups excluding carboxylic acids is 2. The molecule has 1 aliphatic rings. The number of nitrogens with two attached hydrogens (primary N) is 1. The van der Waals surface area contributed by atoms with Gasteiger partial charge in [0.1, 0.15) is 0 Å². The molecule has 0 aromatic heterocycles. The molecule has 90 valence electrons. The smallest absolute Gasteiger partial charge is 0.309 e. The summed E-state index contributed by atoms with van der Waals surface area (Å²) in [6.07, 6.45) is 0.866. The van der Waals surface area contributed by atoms with Crippen LogP contribution >= 0.6 is 12.2 Å². The van der Waals surface area contributed by atoms with E-state index in [0.29, 0.717) is 0 Å². The van der Waals surface area contributed by atoms with E-state index in [2.05, 4.69) is 27.8 Å². The van der Waals surface area contributed by atoms with Crippen molar-refractivity contribution in [3.8, 4) is 0 Å². The average Bonchev–Trinajstić information content (AvgIpc) is 2.60. The molecule has 0 aromatic carbocycles. The summed E-state index contributed by atoms with van der Waals surface area (Å²) >= 11 is 4.58. The maximum absolute atomic E-state index is 11.4. The molecule has 6 nitrogen and oxygen atoms in total. The van der Waals surface area contributed by atoms with Gasteiger partial charge in [0, 0.05) is 12.6 Å². The lowest BCUT2D eigenvalue weighted by Gasteiger charge is -2.12. The fraction of sp³-hybridized carbons (Fsp3) is 0.667. The molecule has 0 aromatic rings. The van der Waals surface area contributed by atoms with Crippen molar-refractivity contribution in [1.82, 2.24) is 15.5 Å².